The molecule has 0 radical (unpaired) electrons. The lowest BCUT2D eigenvalue weighted by Gasteiger charge is -2.16. The van der Waals surface area contributed by atoms with Crippen molar-refractivity contribution in [3.63, 3.8) is 0 Å². The van der Waals surface area contributed by atoms with Crippen LogP contribution in [0.4, 0.5) is 0 Å². The van der Waals surface area contributed by atoms with Crippen LogP contribution in [-0.4, -0.2) is 19.5 Å². The van der Waals surface area contributed by atoms with Crippen LogP contribution in [0, 0.1) is 0 Å². The summed E-state index contributed by atoms with van der Waals surface area (Å²) >= 11 is 0. The van der Waals surface area contributed by atoms with Gasteiger partial charge in [0.1, 0.15) is 33.5 Å². The van der Waals surface area contributed by atoms with Crippen LogP contribution in [0.25, 0.3) is 149 Å². The first-order valence-corrected chi connectivity index (χ1v) is 22.1. The van der Waals surface area contributed by atoms with Gasteiger partial charge in [0.25, 0.3) is 0 Å². The van der Waals surface area contributed by atoms with Gasteiger partial charge >= 0.3 is 0 Å². The van der Waals surface area contributed by atoms with Gasteiger partial charge in [-0.05, 0) is 113 Å². The Kier molecular flexibility index (Phi) is 7.10. The predicted octanol–water partition coefficient (Wildman–Crippen LogP) is 16.0. The summed E-state index contributed by atoms with van der Waals surface area (Å²) in [6.45, 7) is 0. The van der Waals surface area contributed by atoms with Crippen molar-refractivity contribution in [1.29, 1.82) is 0 Å². The lowest BCUT2D eigenvalue weighted by Crippen LogP contribution is -2.04. The quantitative estimate of drug-likeness (QED) is 0.175. The smallest absolute Gasteiger partial charge is 0.166 e. The SMILES string of the molecule is c1ccc2cc3c(cc2c1)oc1ccc(-n2c4ccccc4c4cc5ccccc5cc42)c(-c2nc(-c4ccc5oc6ccccc6c5c4)nc(-c4ccc5oc6ccccc6c5c4)n2)c13. The molecular formula is C59H32N4O3. The summed E-state index contributed by atoms with van der Waals surface area (Å²) in [7, 11) is 0. The van der Waals surface area contributed by atoms with Crippen molar-refractivity contribution in [3.05, 3.63) is 194 Å². The van der Waals surface area contributed by atoms with Crippen LogP contribution in [-0.2, 0) is 0 Å². The molecule has 15 rings (SSSR count). The fraction of sp³-hybridized carbons (Fsp3) is 0. The van der Waals surface area contributed by atoms with E-state index in [9.17, 15) is 0 Å². The molecule has 0 unspecified atom stereocenters. The Labute approximate surface area is 374 Å². The molecule has 0 aliphatic carbocycles. The molecule has 0 saturated heterocycles. The Hall–Kier alpha value is -9.07. The van der Waals surface area contributed by atoms with E-state index in [0.717, 1.165) is 126 Å². The monoisotopic (exact) mass is 844 g/mol. The van der Waals surface area contributed by atoms with Gasteiger partial charge in [-0.25, -0.2) is 15.0 Å². The van der Waals surface area contributed by atoms with Crippen LogP contribution in [0.5, 0.6) is 0 Å². The molecule has 0 amide bonds. The van der Waals surface area contributed by atoms with E-state index in [4.69, 9.17) is 28.2 Å². The summed E-state index contributed by atoms with van der Waals surface area (Å²) in [5.74, 6) is 1.59. The van der Waals surface area contributed by atoms with Gasteiger partial charge < -0.3 is 17.8 Å². The molecule has 15 aromatic rings. The van der Waals surface area contributed by atoms with E-state index in [1.165, 1.54) is 5.39 Å². The fourth-order valence-electron chi connectivity index (χ4n) is 10.3. The van der Waals surface area contributed by atoms with Gasteiger partial charge in [0.15, 0.2) is 17.5 Å². The molecule has 0 atom stereocenters. The number of para-hydroxylation sites is 3. The number of fused-ring (bicyclic) bond motifs is 14. The first-order chi connectivity index (χ1) is 32.7. The first-order valence-electron chi connectivity index (χ1n) is 22.1. The van der Waals surface area contributed by atoms with E-state index < -0.39 is 0 Å². The summed E-state index contributed by atoms with van der Waals surface area (Å²) in [6, 6.07) is 67.5. The van der Waals surface area contributed by atoms with Gasteiger partial charge in [-0.1, -0.05) is 103 Å². The van der Waals surface area contributed by atoms with E-state index >= 15 is 0 Å². The van der Waals surface area contributed by atoms with Crippen LogP contribution >= 0.6 is 0 Å². The van der Waals surface area contributed by atoms with Crippen molar-refractivity contribution in [2.45, 2.75) is 0 Å². The molecule has 306 valence electrons. The molecule has 10 aromatic carbocycles. The molecule has 0 spiro atoms. The molecule has 5 aromatic heterocycles. The van der Waals surface area contributed by atoms with E-state index in [0.29, 0.717) is 17.5 Å². The second kappa shape index (κ2) is 13.2. The Morgan fingerprint density at radius 3 is 1.44 bits per heavy atom. The van der Waals surface area contributed by atoms with Crippen LogP contribution in [0.1, 0.15) is 0 Å². The Morgan fingerprint density at radius 1 is 0.303 bits per heavy atom. The molecule has 7 nitrogen and oxygen atoms in total. The lowest BCUT2D eigenvalue weighted by atomic mass is 10.0. The van der Waals surface area contributed by atoms with Gasteiger partial charge in [-0.3, -0.25) is 0 Å². The molecule has 66 heavy (non-hydrogen) atoms. The molecule has 7 heteroatoms. The highest BCUT2D eigenvalue weighted by Gasteiger charge is 2.25. The molecule has 0 aliphatic heterocycles. The van der Waals surface area contributed by atoms with E-state index in [1.54, 1.807) is 0 Å². The third-order valence-corrected chi connectivity index (χ3v) is 13.4. The highest BCUT2D eigenvalue weighted by molar-refractivity contribution is 6.19. The maximum Gasteiger partial charge on any atom is 0.166 e. The summed E-state index contributed by atoms with van der Waals surface area (Å²) in [5.41, 5.74) is 10.4. The minimum atomic E-state index is 0.521. The van der Waals surface area contributed by atoms with E-state index in [2.05, 4.69) is 138 Å². The highest BCUT2D eigenvalue weighted by atomic mass is 16.3. The molecule has 5 heterocycles. The van der Waals surface area contributed by atoms with Crippen LogP contribution in [0.2, 0.25) is 0 Å². The second-order valence-electron chi connectivity index (χ2n) is 17.1. The van der Waals surface area contributed by atoms with Gasteiger partial charge in [0.05, 0.1) is 22.3 Å². The van der Waals surface area contributed by atoms with Crippen molar-refractivity contribution in [2.75, 3.05) is 0 Å². The summed E-state index contributed by atoms with van der Waals surface area (Å²) in [4.78, 5) is 16.4. The third-order valence-electron chi connectivity index (χ3n) is 13.4. The number of aromatic nitrogens is 4. The zero-order valence-corrected chi connectivity index (χ0v) is 35.0. The van der Waals surface area contributed by atoms with Gasteiger partial charge in [0.2, 0.25) is 0 Å². The molecule has 0 N–H and O–H groups in total. The van der Waals surface area contributed by atoms with Crippen molar-refractivity contribution >= 4 is 109 Å². The number of furan rings is 3. The van der Waals surface area contributed by atoms with Crippen molar-refractivity contribution in [2.24, 2.45) is 0 Å². The third kappa shape index (κ3) is 5.10. The standard InChI is InChI=1S/C59H32N4O3/c1-3-13-35-31-48-42(27-33(35)11-1)39-15-5-8-18-46(39)63(48)47-23-26-53-55(45-28-34-12-2-4-14-36(34)32-54(45)66-53)56(47)59-61-57(37-21-24-51-43(29-37)40-16-6-9-19-49(40)64-51)60-58(62-59)38-22-25-52-44(30-38)41-17-7-10-20-50(41)65-52/h1-32H. The fourth-order valence-corrected chi connectivity index (χ4v) is 10.3. The van der Waals surface area contributed by atoms with E-state index in [1.807, 2.05) is 60.7 Å². The topological polar surface area (TPSA) is 83.0 Å². The average Bonchev–Trinajstić information content (AvgIpc) is 4.13. The zero-order chi connectivity index (χ0) is 43.0. The maximum absolute atomic E-state index is 6.82. The van der Waals surface area contributed by atoms with Gasteiger partial charge in [0, 0.05) is 54.2 Å². The normalized spacial score (nSPS) is 12.2. The van der Waals surface area contributed by atoms with Crippen LogP contribution < -0.4 is 0 Å². The van der Waals surface area contributed by atoms with Crippen LogP contribution in [0.3, 0.4) is 0 Å². The number of hydrogen-bond donors (Lipinski definition) is 0. The Bertz CT molecular complexity index is 4420. The Morgan fingerprint density at radius 2 is 0.788 bits per heavy atom. The highest BCUT2D eigenvalue weighted by Crippen LogP contribution is 2.45. The first kappa shape index (κ1) is 35.4. The van der Waals surface area contributed by atoms with Gasteiger partial charge in [-0.15, -0.1) is 0 Å². The largest absolute Gasteiger partial charge is 0.456 e. The van der Waals surface area contributed by atoms with Gasteiger partial charge in [-0.2, -0.15) is 0 Å². The van der Waals surface area contributed by atoms with Crippen molar-refractivity contribution in [3.8, 4) is 39.9 Å². The van der Waals surface area contributed by atoms with Crippen molar-refractivity contribution < 1.29 is 13.3 Å². The number of benzene rings is 10. The van der Waals surface area contributed by atoms with Crippen LogP contribution in [0.15, 0.2) is 207 Å². The zero-order valence-electron chi connectivity index (χ0n) is 35.0. The molecule has 0 fully saturated rings. The summed E-state index contributed by atoms with van der Waals surface area (Å²) in [5, 5.41) is 12.8. The van der Waals surface area contributed by atoms with E-state index in [-0.39, 0.29) is 0 Å². The summed E-state index contributed by atoms with van der Waals surface area (Å²) in [6.07, 6.45) is 0. The summed E-state index contributed by atoms with van der Waals surface area (Å²) < 4.78 is 21.8. The van der Waals surface area contributed by atoms with Crippen molar-refractivity contribution in [1.82, 2.24) is 19.5 Å². The molecule has 0 bridgehead atoms. The number of nitrogens with zero attached hydrogens (tertiary/aromatic N) is 4. The second-order valence-corrected chi connectivity index (χ2v) is 17.1. The number of rotatable bonds is 4. The predicted molar refractivity (Wildman–Crippen MR) is 267 cm³/mol. The minimum Gasteiger partial charge on any atom is -0.456 e. The molecule has 0 saturated carbocycles. The minimum absolute atomic E-state index is 0.521. The number of hydrogen-bond acceptors (Lipinski definition) is 6. The Balaban J connectivity index is 1.09. The average molecular weight is 845 g/mol. The molecule has 0 aliphatic rings. The molecular weight excluding hydrogens is 813 g/mol. The lowest BCUT2D eigenvalue weighted by molar-refractivity contribution is 0.668. The maximum atomic E-state index is 6.82.